The van der Waals surface area contributed by atoms with Crippen LogP contribution in [0.3, 0.4) is 0 Å². The van der Waals surface area contributed by atoms with Gasteiger partial charge in [0.2, 0.25) is 41.4 Å². The highest BCUT2D eigenvalue weighted by molar-refractivity contribution is 5.97. The van der Waals surface area contributed by atoms with E-state index in [1.165, 1.54) is 43.0 Å². The van der Waals surface area contributed by atoms with Gasteiger partial charge in [0.1, 0.15) is 42.3 Å². The summed E-state index contributed by atoms with van der Waals surface area (Å²) in [6.07, 6.45) is 1.65. The SMILES string of the molecule is CC(C)C[C@H](NC(=O)[C@H](CCCN=C(N)N)NC(=O)[C@H](Cc1ccc([N+](=O)[O-])cc1)NC(=O)[C@H](Cc1ccccc1)NC(=O)[C@H](CCCCN)NC(=O)[C@H](C)NC(=O)[C@@H]1CCCN1C(=O)[C@H](C)N)C(=O)O. The van der Waals surface area contributed by atoms with Crippen LogP contribution in [0, 0.1) is 16.0 Å². The maximum atomic E-state index is 14.6. The van der Waals surface area contributed by atoms with Crippen molar-refractivity contribution >= 4 is 59.0 Å². The van der Waals surface area contributed by atoms with Crippen molar-refractivity contribution in [3.05, 3.63) is 75.8 Å². The summed E-state index contributed by atoms with van der Waals surface area (Å²) in [7, 11) is 0. The molecule has 0 saturated carbocycles. The third-order valence-electron chi connectivity index (χ3n) is 11.6. The first-order chi connectivity index (χ1) is 33.6. The zero-order chi connectivity index (χ0) is 52.8. The van der Waals surface area contributed by atoms with Crippen LogP contribution >= 0.6 is 0 Å². The van der Waals surface area contributed by atoms with E-state index in [0.717, 1.165) is 0 Å². The first-order valence-corrected chi connectivity index (χ1v) is 23.7. The van der Waals surface area contributed by atoms with Gasteiger partial charge in [-0.05, 0) is 88.8 Å². The molecule has 15 N–H and O–H groups in total. The quantitative estimate of drug-likeness (QED) is 0.0153. The van der Waals surface area contributed by atoms with E-state index in [1.54, 1.807) is 44.2 Å². The smallest absolute Gasteiger partial charge is 0.326 e. The van der Waals surface area contributed by atoms with Gasteiger partial charge in [-0.25, -0.2) is 4.79 Å². The number of hydrogen-bond acceptors (Lipinski definition) is 13. The second-order valence-electron chi connectivity index (χ2n) is 18.0. The van der Waals surface area contributed by atoms with E-state index in [1.807, 2.05) is 0 Å². The molecule has 24 heteroatoms. The molecular formula is C47H71N13O11. The van der Waals surface area contributed by atoms with Crippen LogP contribution in [0.2, 0.25) is 0 Å². The number of aliphatic carboxylic acids is 1. The molecule has 390 valence electrons. The van der Waals surface area contributed by atoms with Crippen LogP contribution in [0.4, 0.5) is 5.69 Å². The normalized spacial score (nSPS) is 16.2. The monoisotopic (exact) mass is 994 g/mol. The summed E-state index contributed by atoms with van der Waals surface area (Å²) in [6.45, 7) is 7.15. The number of likely N-dealkylation sites (tertiary alicyclic amines) is 1. The number of carbonyl (C=O) groups is 8. The number of nitrogens with two attached hydrogens (primary N) is 4. The number of nitro groups is 1. The van der Waals surface area contributed by atoms with Crippen LogP contribution in [0.15, 0.2) is 59.6 Å². The second kappa shape index (κ2) is 29.1. The summed E-state index contributed by atoms with van der Waals surface area (Å²) >= 11 is 0. The van der Waals surface area contributed by atoms with Crippen molar-refractivity contribution in [3.63, 3.8) is 0 Å². The zero-order valence-corrected chi connectivity index (χ0v) is 40.8. The van der Waals surface area contributed by atoms with E-state index in [2.05, 4.69) is 36.9 Å². The molecule has 8 atom stereocenters. The van der Waals surface area contributed by atoms with Gasteiger partial charge < -0.3 is 64.8 Å². The summed E-state index contributed by atoms with van der Waals surface area (Å²) in [4.78, 5) is 125. The van der Waals surface area contributed by atoms with Gasteiger partial charge >= 0.3 is 5.97 Å². The van der Waals surface area contributed by atoms with Crippen LogP contribution in [0.25, 0.3) is 0 Å². The van der Waals surface area contributed by atoms with E-state index in [9.17, 15) is 53.6 Å². The molecule has 0 aliphatic carbocycles. The number of nitro benzene ring substituents is 1. The molecule has 1 aliphatic rings. The van der Waals surface area contributed by atoms with Crippen molar-refractivity contribution in [2.45, 2.75) is 140 Å². The van der Waals surface area contributed by atoms with Gasteiger partial charge in [0.05, 0.1) is 11.0 Å². The van der Waals surface area contributed by atoms with Crippen molar-refractivity contribution in [1.82, 2.24) is 36.8 Å². The third kappa shape index (κ3) is 19.6. The second-order valence-corrected chi connectivity index (χ2v) is 18.0. The fourth-order valence-corrected chi connectivity index (χ4v) is 7.81. The Morgan fingerprint density at radius 3 is 1.73 bits per heavy atom. The number of non-ortho nitro benzene ring substituents is 1. The molecule has 2 aromatic rings. The van der Waals surface area contributed by atoms with Gasteiger partial charge in [0.25, 0.3) is 5.69 Å². The van der Waals surface area contributed by atoms with Gasteiger partial charge in [-0.3, -0.25) is 48.7 Å². The molecule has 0 spiro atoms. The van der Waals surface area contributed by atoms with Gasteiger partial charge in [-0.2, -0.15) is 0 Å². The van der Waals surface area contributed by atoms with E-state index < -0.39 is 101 Å². The minimum atomic E-state index is -1.50. The fraction of sp³-hybridized carbons (Fsp3) is 0.553. The topological polar surface area (TPSA) is 392 Å². The van der Waals surface area contributed by atoms with Gasteiger partial charge in [0, 0.05) is 38.1 Å². The van der Waals surface area contributed by atoms with Crippen molar-refractivity contribution in [3.8, 4) is 0 Å². The summed E-state index contributed by atoms with van der Waals surface area (Å²) in [6, 6.07) is 4.16. The van der Waals surface area contributed by atoms with Crippen molar-refractivity contribution < 1.29 is 48.4 Å². The number of nitrogens with zero attached hydrogens (tertiary/aromatic N) is 3. The molecule has 3 rings (SSSR count). The van der Waals surface area contributed by atoms with E-state index in [0.29, 0.717) is 43.4 Å². The van der Waals surface area contributed by atoms with Gasteiger partial charge in [-0.1, -0.05) is 56.3 Å². The molecule has 0 bridgehead atoms. The largest absolute Gasteiger partial charge is 0.480 e. The van der Waals surface area contributed by atoms with Crippen molar-refractivity contribution in [1.29, 1.82) is 0 Å². The molecule has 7 amide bonds. The molecule has 71 heavy (non-hydrogen) atoms. The Morgan fingerprint density at radius 2 is 1.23 bits per heavy atom. The molecular weight excluding hydrogens is 923 g/mol. The van der Waals surface area contributed by atoms with Crippen LogP contribution in [0.5, 0.6) is 0 Å². The first kappa shape index (κ1) is 58.1. The number of amides is 7. The van der Waals surface area contributed by atoms with Crippen LogP contribution in [-0.4, -0.2) is 136 Å². The lowest BCUT2D eigenvalue weighted by atomic mass is 10.0. The maximum absolute atomic E-state index is 14.6. The Labute approximate surface area is 412 Å². The van der Waals surface area contributed by atoms with Crippen LogP contribution in [0.1, 0.15) is 90.2 Å². The molecule has 2 aromatic carbocycles. The van der Waals surface area contributed by atoms with Crippen molar-refractivity contribution in [2.24, 2.45) is 33.8 Å². The summed E-state index contributed by atoms with van der Waals surface area (Å²) in [5.74, 6) is -6.71. The Balaban J connectivity index is 1.97. The molecule has 0 aromatic heterocycles. The lowest BCUT2D eigenvalue weighted by Crippen LogP contribution is -2.60. The number of guanidine groups is 1. The Bertz CT molecular complexity index is 2170. The molecule has 24 nitrogen and oxygen atoms in total. The minimum Gasteiger partial charge on any atom is -0.480 e. The number of unbranched alkanes of at least 4 members (excludes halogenated alkanes) is 1. The average Bonchev–Trinajstić information content (AvgIpc) is 3.81. The number of nitrogens with one attached hydrogen (secondary N) is 6. The van der Waals surface area contributed by atoms with E-state index >= 15 is 0 Å². The molecule has 1 fully saturated rings. The Kier molecular flexibility index (Phi) is 23.8. The van der Waals surface area contributed by atoms with E-state index in [4.69, 9.17) is 22.9 Å². The van der Waals surface area contributed by atoms with Gasteiger partial charge in [0.15, 0.2) is 5.96 Å². The maximum Gasteiger partial charge on any atom is 0.326 e. The summed E-state index contributed by atoms with van der Waals surface area (Å²) in [5, 5.41) is 37.2. The molecule has 1 saturated heterocycles. The van der Waals surface area contributed by atoms with Crippen molar-refractivity contribution in [2.75, 3.05) is 19.6 Å². The minimum absolute atomic E-state index is 0.0530. The predicted molar refractivity (Wildman–Crippen MR) is 262 cm³/mol. The highest BCUT2D eigenvalue weighted by Gasteiger charge is 2.37. The molecule has 1 aliphatic heterocycles. The highest BCUT2D eigenvalue weighted by atomic mass is 16.6. The number of carbonyl (C=O) groups excluding carboxylic acids is 7. The molecule has 0 radical (unpaired) electrons. The predicted octanol–water partition coefficient (Wildman–Crippen LogP) is -1.04. The average molecular weight is 994 g/mol. The zero-order valence-electron chi connectivity index (χ0n) is 40.8. The summed E-state index contributed by atoms with van der Waals surface area (Å²) in [5.41, 5.74) is 23.2. The molecule has 1 heterocycles. The fourth-order valence-electron chi connectivity index (χ4n) is 7.81. The number of carboxylic acid groups (broad SMARTS) is 1. The Hall–Kier alpha value is -7.21. The third-order valence-corrected chi connectivity index (χ3v) is 11.6. The van der Waals surface area contributed by atoms with Crippen LogP contribution in [-0.2, 0) is 51.2 Å². The summed E-state index contributed by atoms with van der Waals surface area (Å²) < 4.78 is 0. The molecule has 0 unspecified atom stereocenters. The lowest BCUT2D eigenvalue weighted by molar-refractivity contribution is -0.384. The standard InChI is InChI=1S/C47H71N13O11/c1-27(2)24-37(46(68)69)58-41(63)34(15-10-22-52-47(50)51)55-42(64)36(26-31-17-19-32(20-18-31)60(70)71)57-43(65)35(25-30-12-6-5-7-13-30)56-40(62)33(14-8-9-21-48)54-39(61)29(4)53-44(66)38-16-11-23-59(38)45(67)28(3)49/h5-7,12-13,17-20,27-29,33-38H,8-11,14-16,21-26,48-49H2,1-4H3,(H,53,66)(H,54,61)(H,55,64)(H,56,62)(H,57,65)(H,58,63)(H,68,69)(H4,50,51,52)/t28-,29-,33-,34-,35-,36-,37-,38-/m0/s1. The number of rotatable bonds is 29. The van der Waals surface area contributed by atoms with Crippen LogP contribution < -0.4 is 54.8 Å². The number of aliphatic imine (C=N–C) groups is 1. The first-order valence-electron chi connectivity index (χ1n) is 23.7. The van der Waals surface area contributed by atoms with Gasteiger partial charge in [-0.15, -0.1) is 0 Å². The number of hydrogen-bond donors (Lipinski definition) is 11. The highest BCUT2D eigenvalue weighted by Crippen LogP contribution is 2.19. The lowest BCUT2D eigenvalue weighted by Gasteiger charge is -2.28. The Morgan fingerprint density at radius 1 is 0.718 bits per heavy atom. The van der Waals surface area contributed by atoms with E-state index in [-0.39, 0.29) is 69.2 Å². The number of benzene rings is 2. The number of carboxylic acids is 1.